The number of hydrogen-bond donors (Lipinski definition) is 0. The highest BCUT2D eigenvalue weighted by Gasteiger charge is 1.95. The first-order valence-corrected chi connectivity index (χ1v) is 3.24. The lowest BCUT2D eigenvalue weighted by molar-refractivity contribution is 1.18. The molecule has 0 unspecified atom stereocenters. The Morgan fingerprint density at radius 1 is 1.60 bits per heavy atom. The zero-order chi connectivity index (χ0) is 6.97. The van der Waals surface area contributed by atoms with Gasteiger partial charge >= 0.3 is 0 Å². The molecule has 0 saturated heterocycles. The second-order valence-corrected chi connectivity index (χ2v) is 2.35. The van der Waals surface area contributed by atoms with Crippen molar-refractivity contribution in [3.05, 3.63) is 35.7 Å². The van der Waals surface area contributed by atoms with Gasteiger partial charge in [0.25, 0.3) is 0 Å². The number of hydrogen-bond acceptors (Lipinski definition) is 1. The standard InChI is InChI=1S/C7H4ClN2/c8-6-2-1-4-10-5-3-9-7(6)10/h2-5H. The Morgan fingerprint density at radius 2 is 2.50 bits per heavy atom. The molecule has 0 spiro atoms. The molecule has 0 aliphatic carbocycles. The Balaban J connectivity index is 2.95. The average molecular weight is 152 g/mol. The molecule has 3 heteroatoms. The summed E-state index contributed by atoms with van der Waals surface area (Å²) in [6.45, 7) is 0. The molecule has 2 aromatic rings. The van der Waals surface area contributed by atoms with Crippen LogP contribution >= 0.6 is 11.6 Å². The third kappa shape index (κ3) is 0.693. The number of rotatable bonds is 0. The normalized spacial score (nSPS) is 10.5. The van der Waals surface area contributed by atoms with E-state index in [0.717, 1.165) is 5.65 Å². The van der Waals surface area contributed by atoms with E-state index in [2.05, 4.69) is 11.1 Å². The van der Waals surface area contributed by atoms with Crippen LogP contribution in [0.15, 0.2) is 24.7 Å². The molecule has 0 fully saturated rings. The summed E-state index contributed by atoms with van der Waals surface area (Å²) in [4.78, 5) is 4.03. The molecule has 10 heavy (non-hydrogen) atoms. The lowest BCUT2D eigenvalue weighted by Gasteiger charge is -1.91. The summed E-state index contributed by atoms with van der Waals surface area (Å²) in [7, 11) is 0. The molecule has 0 aliphatic heterocycles. The van der Waals surface area contributed by atoms with E-state index in [0.29, 0.717) is 5.02 Å². The summed E-state index contributed by atoms with van der Waals surface area (Å²) >= 11 is 5.78. The Labute approximate surface area is 63.1 Å². The molecule has 0 N–H and O–H groups in total. The minimum Gasteiger partial charge on any atom is -0.305 e. The highest BCUT2D eigenvalue weighted by atomic mass is 35.5. The third-order valence-corrected chi connectivity index (χ3v) is 1.58. The van der Waals surface area contributed by atoms with E-state index in [4.69, 9.17) is 11.6 Å². The van der Waals surface area contributed by atoms with Gasteiger partial charge in [-0.15, -0.1) is 0 Å². The number of pyridine rings is 1. The van der Waals surface area contributed by atoms with E-state index in [1.807, 2.05) is 10.6 Å². The molecule has 0 aliphatic rings. The summed E-state index contributed by atoms with van der Waals surface area (Å²) in [5.74, 6) is 0. The predicted molar refractivity (Wildman–Crippen MR) is 39.0 cm³/mol. The van der Waals surface area contributed by atoms with Crippen molar-refractivity contribution < 1.29 is 0 Å². The van der Waals surface area contributed by atoms with Crippen LogP contribution < -0.4 is 0 Å². The first-order valence-electron chi connectivity index (χ1n) is 2.86. The molecule has 1 radical (unpaired) electrons. The van der Waals surface area contributed by atoms with Crippen molar-refractivity contribution in [1.82, 2.24) is 9.38 Å². The smallest absolute Gasteiger partial charge is 0.155 e. The highest BCUT2D eigenvalue weighted by molar-refractivity contribution is 6.33. The maximum Gasteiger partial charge on any atom is 0.155 e. The zero-order valence-corrected chi connectivity index (χ0v) is 5.84. The second kappa shape index (κ2) is 1.99. The fourth-order valence-electron chi connectivity index (χ4n) is 0.857. The SMILES string of the molecule is Clc1c[c]cn2ccnc12. The van der Waals surface area contributed by atoms with Crippen LogP contribution in [0.4, 0.5) is 0 Å². The Bertz CT molecular complexity index is 353. The van der Waals surface area contributed by atoms with Gasteiger partial charge in [0.2, 0.25) is 0 Å². The molecule has 2 heterocycles. The van der Waals surface area contributed by atoms with E-state index in [1.165, 1.54) is 0 Å². The van der Waals surface area contributed by atoms with Crippen LogP contribution in [-0.2, 0) is 0 Å². The van der Waals surface area contributed by atoms with Crippen LogP contribution in [0.5, 0.6) is 0 Å². The Hall–Kier alpha value is -1.02. The van der Waals surface area contributed by atoms with Crippen molar-refractivity contribution in [3.8, 4) is 0 Å². The molecular formula is C7H4ClN2. The van der Waals surface area contributed by atoms with Crippen molar-refractivity contribution >= 4 is 17.2 Å². The maximum atomic E-state index is 5.78. The molecule has 0 bridgehead atoms. The van der Waals surface area contributed by atoms with Crippen molar-refractivity contribution in [1.29, 1.82) is 0 Å². The predicted octanol–water partition coefficient (Wildman–Crippen LogP) is 1.79. The van der Waals surface area contributed by atoms with Gasteiger partial charge in [0.05, 0.1) is 5.02 Å². The van der Waals surface area contributed by atoms with Gasteiger partial charge in [-0.3, -0.25) is 0 Å². The summed E-state index contributed by atoms with van der Waals surface area (Å²) in [6.07, 6.45) is 5.32. The molecular weight excluding hydrogens is 148 g/mol. The number of nitrogens with zero attached hydrogens (tertiary/aromatic N) is 2. The van der Waals surface area contributed by atoms with E-state index < -0.39 is 0 Å². The highest BCUT2D eigenvalue weighted by Crippen LogP contribution is 2.12. The summed E-state index contributed by atoms with van der Waals surface area (Å²) in [5, 5.41) is 0.632. The Morgan fingerprint density at radius 3 is 3.30 bits per heavy atom. The van der Waals surface area contributed by atoms with Gasteiger partial charge in [0.1, 0.15) is 0 Å². The maximum absolute atomic E-state index is 5.78. The van der Waals surface area contributed by atoms with Crippen molar-refractivity contribution in [3.63, 3.8) is 0 Å². The van der Waals surface area contributed by atoms with E-state index >= 15 is 0 Å². The van der Waals surface area contributed by atoms with Gasteiger partial charge in [-0.2, -0.15) is 0 Å². The summed E-state index contributed by atoms with van der Waals surface area (Å²) in [6, 6.07) is 4.58. The lowest BCUT2D eigenvalue weighted by atomic mass is 10.5. The zero-order valence-electron chi connectivity index (χ0n) is 5.08. The monoisotopic (exact) mass is 151 g/mol. The molecule has 0 amide bonds. The third-order valence-electron chi connectivity index (χ3n) is 1.31. The fraction of sp³-hybridized carbons (Fsp3) is 0. The number of halogens is 1. The lowest BCUT2D eigenvalue weighted by Crippen LogP contribution is -1.81. The van der Waals surface area contributed by atoms with E-state index in [9.17, 15) is 0 Å². The minimum absolute atomic E-state index is 0.632. The topological polar surface area (TPSA) is 17.3 Å². The quantitative estimate of drug-likeness (QED) is 0.561. The molecule has 0 atom stereocenters. The van der Waals surface area contributed by atoms with Crippen LogP contribution in [0.2, 0.25) is 5.02 Å². The first-order chi connectivity index (χ1) is 4.88. The number of aromatic nitrogens is 2. The average Bonchev–Trinajstić information content (AvgIpc) is 2.36. The van der Waals surface area contributed by atoms with Gasteiger partial charge in [-0.05, 0) is 6.07 Å². The summed E-state index contributed by atoms with van der Waals surface area (Å²) < 4.78 is 1.82. The molecule has 2 rings (SSSR count). The van der Waals surface area contributed by atoms with Crippen molar-refractivity contribution in [2.24, 2.45) is 0 Å². The number of fused-ring (bicyclic) bond motifs is 1. The first kappa shape index (κ1) is 5.74. The minimum atomic E-state index is 0.632. The van der Waals surface area contributed by atoms with E-state index in [1.54, 1.807) is 18.5 Å². The second-order valence-electron chi connectivity index (χ2n) is 1.95. The van der Waals surface area contributed by atoms with Crippen LogP contribution in [0.1, 0.15) is 0 Å². The van der Waals surface area contributed by atoms with Crippen LogP contribution in [0, 0.1) is 6.07 Å². The van der Waals surface area contributed by atoms with Crippen molar-refractivity contribution in [2.75, 3.05) is 0 Å². The van der Waals surface area contributed by atoms with Crippen LogP contribution in [0.25, 0.3) is 5.65 Å². The van der Waals surface area contributed by atoms with Crippen molar-refractivity contribution in [2.45, 2.75) is 0 Å². The van der Waals surface area contributed by atoms with Gasteiger partial charge in [-0.1, -0.05) is 11.6 Å². The number of imidazole rings is 1. The fourth-order valence-corrected chi connectivity index (χ4v) is 1.07. The molecule has 2 aromatic heterocycles. The molecule has 0 aromatic carbocycles. The largest absolute Gasteiger partial charge is 0.305 e. The van der Waals surface area contributed by atoms with Gasteiger partial charge in [0, 0.05) is 24.7 Å². The van der Waals surface area contributed by atoms with Gasteiger partial charge < -0.3 is 4.40 Å². The van der Waals surface area contributed by atoms with Gasteiger partial charge in [-0.25, -0.2) is 4.98 Å². The Kier molecular flexibility index (Phi) is 1.14. The van der Waals surface area contributed by atoms with Crippen LogP contribution in [0.3, 0.4) is 0 Å². The molecule has 0 saturated carbocycles. The molecule has 49 valence electrons. The van der Waals surface area contributed by atoms with Gasteiger partial charge in [0.15, 0.2) is 5.65 Å². The van der Waals surface area contributed by atoms with E-state index in [-0.39, 0.29) is 0 Å². The molecule has 2 nitrogen and oxygen atoms in total. The van der Waals surface area contributed by atoms with Crippen LogP contribution in [-0.4, -0.2) is 9.38 Å². The summed E-state index contributed by atoms with van der Waals surface area (Å²) in [5.41, 5.74) is 0.778.